The summed E-state index contributed by atoms with van der Waals surface area (Å²) in [5.41, 5.74) is 3.61. The van der Waals surface area contributed by atoms with Crippen molar-refractivity contribution in [2.24, 2.45) is 0 Å². The molecule has 1 aliphatic rings. The number of hydrogen-bond donors (Lipinski definition) is 0. The fourth-order valence-electron chi connectivity index (χ4n) is 1.20. The third-order valence-electron chi connectivity index (χ3n) is 1.84. The first kappa shape index (κ1) is 11.1. The maximum Gasteiger partial charge on any atom is 0.362 e. The summed E-state index contributed by atoms with van der Waals surface area (Å²) in [7, 11) is -5.48. The third-order valence-corrected chi connectivity index (χ3v) is 12.1. The Labute approximate surface area is 83.4 Å². The highest BCUT2D eigenvalue weighted by Crippen LogP contribution is 2.25. The Morgan fingerprint density at radius 1 is 1.08 bits per heavy atom. The molecule has 0 amide bonds. The van der Waals surface area contributed by atoms with Crippen LogP contribution in [0.1, 0.15) is 0 Å². The second kappa shape index (κ2) is 3.64. The van der Waals surface area contributed by atoms with E-state index >= 15 is 0 Å². The summed E-state index contributed by atoms with van der Waals surface area (Å²) in [5.74, 6) is 0. The predicted molar refractivity (Wildman–Crippen MR) is 58.5 cm³/mol. The van der Waals surface area contributed by atoms with Crippen molar-refractivity contribution in [1.82, 2.24) is 0 Å². The molecule has 3 nitrogen and oxygen atoms in total. The molecule has 1 rings (SSSR count). The molecule has 0 saturated carbocycles. The third kappa shape index (κ3) is 2.48. The Bertz CT molecular complexity index is 213. The molecular formula is C7H15O3Si3. The second-order valence-corrected chi connectivity index (χ2v) is 11.6. The Kier molecular flexibility index (Phi) is 3.10. The molecule has 0 aromatic carbocycles. The lowest BCUT2D eigenvalue weighted by molar-refractivity contribution is 0.264. The molecule has 0 aromatic rings. The molecule has 0 spiro atoms. The molecule has 2 atom stereocenters. The predicted octanol–water partition coefficient (Wildman–Crippen LogP) is 1.76. The van der Waals surface area contributed by atoms with E-state index in [-0.39, 0.29) is 0 Å². The first-order valence-corrected chi connectivity index (χ1v) is 10.7. The molecule has 1 radical (unpaired) electrons. The highest BCUT2D eigenvalue weighted by atomic mass is 28.5. The molecule has 0 bridgehead atoms. The highest BCUT2D eigenvalue weighted by Gasteiger charge is 2.47. The van der Waals surface area contributed by atoms with Crippen molar-refractivity contribution < 1.29 is 12.3 Å². The molecule has 1 saturated heterocycles. The van der Waals surface area contributed by atoms with Gasteiger partial charge in [-0.15, -0.1) is 13.2 Å². The largest absolute Gasteiger partial charge is 0.412 e. The van der Waals surface area contributed by atoms with Crippen LogP contribution >= 0.6 is 0 Å². The Balaban J connectivity index is 2.85. The second-order valence-electron chi connectivity index (χ2n) is 3.24. The minimum Gasteiger partial charge on any atom is -0.412 e. The zero-order valence-corrected chi connectivity index (χ0v) is 11.3. The Morgan fingerprint density at radius 2 is 1.46 bits per heavy atom. The van der Waals surface area contributed by atoms with Crippen molar-refractivity contribution in [3.63, 3.8) is 0 Å². The molecule has 73 valence electrons. The zero-order chi connectivity index (χ0) is 10.1. The van der Waals surface area contributed by atoms with Crippen LogP contribution in [0.4, 0.5) is 0 Å². The van der Waals surface area contributed by atoms with Gasteiger partial charge in [0, 0.05) is 0 Å². The fourth-order valence-corrected chi connectivity index (χ4v) is 11.9. The molecule has 0 aliphatic carbocycles. The van der Waals surface area contributed by atoms with Crippen molar-refractivity contribution >= 4 is 26.4 Å². The molecular weight excluding hydrogens is 216 g/mol. The SMILES string of the molecule is C=C[Si]1(C)O[Si](C)O[Si](C)(C=C)O1. The average molecular weight is 231 g/mol. The van der Waals surface area contributed by atoms with Crippen molar-refractivity contribution in [2.45, 2.75) is 19.6 Å². The van der Waals surface area contributed by atoms with E-state index in [9.17, 15) is 0 Å². The molecule has 2 unspecified atom stereocenters. The van der Waals surface area contributed by atoms with Crippen LogP contribution in [0.3, 0.4) is 0 Å². The van der Waals surface area contributed by atoms with Gasteiger partial charge in [-0.2, -0.15) is 0 Å². The lowest BCUT2D eigenvalue weighted by atomic mass is 11.3. The van der Waals surface area contributed by atoms with Crippen molar-refractivity contribution in [3.8, 4) is 0 Å². The quantitative estimate of drug-likeness (QED) is 0.678. The summed E-state index contributed by atoms with van der Waals surface area (Å²) in [5, 5.41) is 0. The van der Waals surface area contributed by atoms with Gasteiger partial charge >= 0.3 is 26.4 Å². The van der Waals surface area contributed by atoms with Crippen molar-refractivity contribution in [3.05, 3.63) is 24.6 Å². The lowest BCUT2D eigenvalue weighted by Gasteiger charge is -2.41. The topological polar surface area (TPSA) is 27.7 Å². The van der Waals surface area contributed by atoms with Crippen LogP contribution in [-0.4, -0.2) is 26.4 Å². The maximum absolute atomic E-state index is 5.85. The molecule has 1 heterocycles. The van der Waals surface area contributed by atoms with Crippen LogP contribution < -0.4 is 0 Å². The lowest BCUT2D eigenvalue weighted by Crippen LogP contribution is -2.60. The summed E-state index contributed by atoms with van der Waals surface area (Å²) < 4.78 is 17.2. The van der Waals surface area contributed by atoms with Gasteiger partial charge in [-0.05, 0) is 19.6 Å². The summed E-state index contributed by atoms with van der Waals surface area (Å²) in [4.78, 5) is 0. The standard InChI is InChI=1S/C7H15O3Si3/c1-6-12(4)8-11(3)9-13(5,7-2)10-12/h6-7H,1-2H2,3-5H3. The maximum atomic E-state index is 5.85. The van der Waals surface area contributed by atoms with Crippen LogP contribution in [0, 0.1) is 0 Å². The number of hydrogen-bond acceptors (Lipinski definition) is 3. The minimum atomic E-state index is -2.16. The molecule has 1 fully saturated rings. The van der Waals surface area contributed by atoms with Crippen LogP contribution in [0.15, 0.2) is 24.6 Å². The van der Waals surface area contributed by atoms with E-state index < -0.39 is 26.4 Å². The van der Waals surface area contributed by atoms with Crippen molar-refractivity contribution in [1.29, 1.82) is 0 Å². The van der Waals surface area contributed by atoms with Crippen LogP contribution in [0.2, 0.25) is 19.6 Å². The highest BCUT2D eigenvalue weighted by molar-refractivity contribution is 6.92. The molecule has 0 N–H and O–H groups in total. The van der Waals surface area contributed by atoms with E-state index in [1.54, 1.807) is 11.4 Å². The van der Waals surface area contributed by atoms with Gasteiger partial charge in [0.1, 0.15) is 0 Å². The van der Waals surface area contributed by atoms with E-state index in [0.717, 1.165) is 0 Å². The normalized spacial score (nSPS) is 41.5. The van der Waals surface area contributed by atoms with Gasteiger partial charge in [0.2, 0.25) is 0 Å². The van der Waals surface area contributed by atoms with Gasteiger partial charge in [-0.3, -0.25) is 0 Å². The molecule has 1 aliphatic heterocycles. The first-order chi connectivity index (χ1) is 5.93. The number of rotatable bonds is 2. The molecule has 0 aromatic heterocycles. The van der Waals surface area contributed by atoms with Gasteiger partial charge in [0.15, 0.2) is 0 Å². The van der Waals surface area contributed by atoms with E-state index in [0.29, 0.717) is 0 Å². The summed E-state index contributed by atoms with van der Waals surface area (Å²) in [6.45, 7) is 13.5. The molecule has 6 heteroatoms. The van der Waals surface area contributed by atoms with Crippen molar-refractivity contribution in [2.75, 3.05) is 0 Å². The molecule has 13 heavy (non-hydrogen) atoms. The summed E-state index contributed by atoms with van der Waals surface area (Å²) >= 11 is 0. The van der Waals surface area contributed by atoms with Crippen LogP contribution in [0.25, 0.3) is 0 Å². The van der Waals surface area contributed by atoms with E-state index in [4.69, 9.17) is 12.3 Å². The van der Waals surface area contributed by atoms with E-state index in [2.05, 4.69) is 13.2 Å². The average Bonchev–Trinajstić information content (AvgIpc) is 2.02. The first-order valence-electron chi connectivity index (χ1n) is 4.12. The monoisotopic (exact) mass is 231 g/mol. The van der Waals surface area contributed by atoms with Gasteiger partial charge in [0.05, 0.1) is 0 Å². The van der Waals surface area contributed by atoms with Gasteiger partial charge in [0.25, 0.3) is 0 Å². The Hall–Kier alpha value is 0.0106. The summed E-state index contributed by atoms with van der Waals surface area (Å²) in [6.07, 6.45) is 0. The van der Waals surface area contributed by atoms with Gasteiger partial charge in [-0.25, -0.2) is 0 Å². The summed E-state index contributed by atoms with van der Waals surface area (Å²) in [6, 6.07) is 0. The van der Waals surface area contributed by atoms with Crippen LogP contribution in [-0.2, 0) is 12.3 Å². The Morgan fingerprint density at radius 3 is 1.77 bits per heavy atom. The minimum absolute atomic E-state index is 1.17. The van der Waals surface area contributed by atoms with Gasteiger partial charge < -0.3 is 12.3 Å². The van der Waals surface area contributed by atoms with Crippen LogP contribution in [0.5, 0.6) is 0 Å². The smallest absolute Gasteiger partial charge is 0.362 e. The van der Waals surface area contributed by atoms with E-state index in [1.165, 1.54) is 0 Å². The van der Waals surface area contributed by atoms with Gasteiger partial charge in [-0.1, -0.05) is 11.4 Å². The van der Waals surface area contributed by atoms with E-state index in [1.807, 2.05) is 19.6 Å². The fraction of sp³-hybridized carbons (Fsp3) is 0.429. The zero-order valence-electron chi connectivity index (χ0n) is 8.29.